The zero-order valence-corrected chi connectivity index (χ0v) is 16.9. The minimum absolute atomic E-state index is 0.192. The lowest BCUT2D eigenvalue weighted by molar-refractivity contribution is -0.115. The number of aryl methyl sites for hydroxylation is 2. The minimum atomic E-state index is -0.438. The second-order valence-corrected chi connectivity index (χ2v) is 8.12. The van der Waals surface area contributed by atoms with Gasteiger partial charge in [-0.15, -0.1) is 5.10 Å². The van der Waals surface area contributed by atoms with Crippen LogP contribution in [0.25, 0.3) is 16.7 Å². The molecule has 2 heterocycles. The van der Waals surface area contributed by atoms with Crippen molar-refractivity contribution in [3.63, 3.8) is 0 Å². The molecule has 2 aromatic heterocycles. The molecule has 4 aromatic rings. The van der Waals surface area contributed by atoms with Gasteiger partial charge in [0, 0.05) is 5.69 Å². The Balaban J connectivity index is 1.50. The van der Waals surface area contributed by atoms with Crippen molar-refractivity contribution in [1.82, 2.24) is 30.2 Å². The minimum Gasteiger partial charge on any atom is -0.325 e. The van der Waals surface area contributed by atoms with Crippen LogP contribution in [0.3, 0.4) is 0 Å². The van der Waals surface area contributed by atoms with E-state index in [4.69, 9.17) is 0 Å². The highest BCUT2D eigenvalue weighted by atomic mass is 32.2. The smallest absolute Gasteiger partial charge is 0.323 e. The highest BCUT2D eigenvalue weighted by molar-refractivity contribution is 8.00. The highest BCUT2D eigenvalue weighted by Gasteiger charge is 2.20. The van der Waals surface area contributed by atoms with E-state index in [0.717, 1.165) is 16.8 Å². The first-order valence-electron chi connectivity index (χ1n) is 8.96. The Morgan fingerprint density at radius 3 is 2.59 bits per heavy atom. The molecule has 148 valence electrons. The summed E-state index contributed by atoms with van der Waals surface area (Å²) in [5.41, 5.74) is 4.69. The first kappa shape index (κ1) is 18.9. The number of benzene rings is 2. The van der Waals surface area contributed by atoms with Gasteiger partial charge in [0.1, 0.15) is 0 Å². The van der Waals surface area contributed by atoms with E-state index >= 15 is 0 Å². The van der Waals surface area contributed by atoms with E-state index < -0.39 is 5.25 Å². The molecule has 9 nitrogen and oxygen atoms in total. The molecule has 2 aromatic carbocycles. The van der Waals surface area contributed by atoms with E-state index in [-0.39, 0.29) is 11.6 Å². The standard InChI is InChI=1S/C19H19N7O2S/c1-10-6-11(2)8-14(7-10)26-19(23-24-25-26)29-12(3)17(27)20-13-4-5-15-16(9-13)22-18(28)21-15/h4-9,12H,1-3H3,(H,20,27)(H2,21,22,28)/t12-/m1/s1. The molecule has 0 saturated carbocycles. The number of thioether (sulfide) groups is 1. The number of imidazole rings is 1. The van der Waals surface area contributed by atoms with Gasteiger partial charge in [-0.1, -0.05) is 17.8 Å². The Labute approximate surface area is 169 Å². The maximum absolute atomic E-state index is 12.6. The Morgan fingerprint density at radius 1 is 1.10 bits per heavy atom. The molecule has 0 saturated heterocycles. The van der Waals surface area contributed by atoms with Crippen LogP contribution < -0.4 is 11.0 Å². The number of fused-ring (bicyclic) bond motifs is 1. The van der Waals surface area contributed by atoms with Gasteiger partial charge in [-0.05, 0) is 72.7 Å². The van der Waals surface area contributed by atoms with Crippen LogP contribution >= 0.6 is 11.8 Å². The zero-order chi connectivity index (χ0) is 20.5. The zero-order valence-electron chi connectivity index (χ0n) is 16.1. The van der Waals surface area contributed by atoms with Gasteiger partial charge in [0.2, 0.25) is 11.1 Å². The van der Waals surface area contributed by atoms with Gasteiger partial charge in [0.25, 0.3) is 0 Å². The van der Waals surface area contributed by atoms with Crippen LogP contribution in [-0.2, 0) is 4.79 Å². The van der Waals surface area contributed by atoms with E-state index in [2.05, 4.69) is 36.9 Å². The number of carbonyl (C=O) groups is 1. The number of rotatable bonds is 5. The molecule has 0 unspecified atom stereocenters. The summed E-state index contributed by atoms with van der Waals surface area (Å²) >= 11 is 1.27. The first-order valence-corrected chi connectivity index (χ1v) is 9.83. The topological polar surface area (TPSA) is 121 Å². The fourth-order valence-corrected chi connectivity index (χ4v) is 3.86. The molecule has 0 aliphatic carbocycles. The van der Waals surface area contributed by atoms with Crippen molar-refractivity contribution in [2.45, 2.75) is 31.2 Å². The molecule has 1 amide bonds. The van der Waals surface area contributed by atoms with Crippen LogP contribution in [-0.4, -0.2) is 41.3 Å². The third-order valence-electron chi connectivity index (χ3n) is 4.33. The Morgan fingerprint density at radius 2 is 1.83 bits per heavy atom. The summed E-state index contributed by atoms with van der Waals surface area (Å²) in [5.74, 6) is -0.192. The van der Waals surface area contributed by atoms with E-state index in [1.165, 1.54) is 11.8 Å². The van der Waals surface area contributed by atoms with Crippen molar-refractivity contribution >= 4 is 34.4 Å². The quantitative estimate of drug-likeness (QED) is 0.436. The molecular formula is C19H19N7O2S. The highest BCUT2D eigenvalue weighted by Crippen LogP contribution is 2.25. The van der Waals surface area contributed by atoms with Crippen molar-refractivity contribution in [2.75, 3.05) is 5.32 Å². The lowest BCUT2D eigenvalue weighted by atomic mass is 10.1. The van der Waals surface area contributed by atoms with Gasteiger partial charge in [0.15, 0.2) is 0 Å². The van der Waals surface area contributed by atoms with E-state index in [9.17, 15) is 9.59 Å². The molecule has 10 heteroatoms. The first-order chi connectivity index (χ1) is 13.9. The summed E-state index contributed by atoms with van der Waals surface area (Å²) < 4.78 is 1.63. The van der Waals surface area contributed by atoms with Crippen molar-refractivity contribution in [3.05, 3.63) is 58.0 Å². The number of nitrogens with one attached hydrogen (secondary N) is 3. The SMILES string of the molecule is Cc1cc(C)cc(-n2nnnc2S[C@H](C)C(=O)Nc2ccc3[nH]c(=O)[nH]c3c2)c1. The summed E-state index contributed by atoms with van der Waals surface area (Å²) in [5, 5.41) is 14.8. The third kappa shape index (κ3) is 4.06. The molecule has 29 heavy (non-hydrogen) atoms. The number of aromatic amines is 2. The Bertz CT molecular complexity index is 1240. The van der Waals surface area contributed by atoms with Gasteiger partial charge < -0.3 is 15.3 Å². The lowest BCUT2D eigenvalue weighted by Crippen LogP contribution is -2.22. The van der Waals surface area contributed by atoms with Crippen LogP contribution in [0.15, 0.2) is 46.3 Å². The average molecular weight is 409 g/mol. The van der Waals surface area contributed by atoms with Gasteiger partial charge in [-0.3, -0.25) is 4.79 Å². The predicted molar refractivity (Wildman–Crippen MR) is 111 cm³/mol. The molecule has 0 aliphatic rings. The lowest BCUT2D eigenvalue weighted by Gasteiger charge is -2.12. The van der Waals surface area contributed by atoms with E-state index in [1.54, 1.807) is 29.8 Å². The molecule has 0 radical (unpaired) electrons. The van der Waals surface area contributed by atoms with Gasteiger partial charge >= 0.3 is 5.69 Å². The van der Waals surface area contributed by atoms with Crippen LogP contribution in [0.2, 0.25) is 0 Å². The monoisotopic (exact) mass is 409 g/mol. The maximum Gasteiger partial charge on any atom is 0.323 e. The normalized spacial score (nSPS) is 12.2. The number of aromatic nitrogens is 6. The van der Waals surface area contributed by atoms with Crippen molar-refractivity contribution in [3.8, 4) is 5.69 Å². The molecule has 4 rings (SSSR count). The van der Waals surface area contributed by atoms with Crippen molar-refractivity contribution in [1.29, 1.82) is 0 Å². The average Bonchev–Trinajstić information content (AvgIpc) is 3.25. The number of anilines is 1. The summed E-state index contributed by atoms with van der Waals surface area (Å²) in [6.45, 7) is 5.81. The molecule has 0 spiro atoms. The third-order valence-corrected chi connectivity index (χ3v) is 5.36. The Hall–Kier alpha value is -3.40. The second-order valence-electron chi connectivity index (χ2n) is 6.81. The molecule has 0 bridgehead atoms. The number of carbonyl (C=O) groups excluding carboxylic acids is 1. The number of H-pyrrole nitrogens is 2. The van der Waals surface area contributed by atoms with Crippen molar-refractivity contribution < 1.29 is 4.79 Å². The number of hydrogen-bond donors (Lipinski definition) is 3. The van der Waals surface area contributed by atoms with Crippen molar-refractivity contribution in [2.24, 2.45) is 0 Å². The number of nitrogens with zero attached hydrogens (tertiary/aromatic N) is 4. The fourth-order valence-electron chi connectivity index (χ4n) is 3.05. The van der Waals surface area contributed by atoms with Crippen LogP contribution in [0.1, 0.15) is 18.1 Å². The summed E-state index contributed by atoms with van der Waals surface area (Å²) in [4.78, 5) is 29.4. The largest absolute Gasteiger partial charge is 0.325 e. The molecule has 0 aliphatic heterocycles. The fraction of sp³-hybridized carbons (Fsp3) is 0.211. The summed E-state index contributed by atoms with van der Waals surface area (Å²) in [6.07, 6.45) is 0. The van der Waals surface area contributed by atoms with Crippen LogP contribution in [0.5, 0.6) is 0 Å². The van der Waals surface area contributed by atoms with E-state index in [0.29, 0.717) is 21.9 Å². The van der Waals surface area contributed by atoms with Gasteiger partial charge in [-0.2, -0.15) is 4.68 Å². The van der Waals surface area contributed by atoms with E-state index in [1.807, 2.05) is 26.0 Å². The van der Waals surface area contributed by atoms with Gasteiger partial charge in [-0.25, -0.2) is 4.79 Å². The van der Waals surface area contributed by atoms with Crippen LogP contribution in [0, 0.1) is 13.8 Å². The summed E-state index contributed by atoms with van der Waals surface area (Å²) in [6, 6.07) is 11.2. The predicted octanol–water partition coefficient (Wildman–Crippen LogP) is 2.57. The molecule has 3 N–H and O–H groups in total. The molecule has 1 atom stereocenters. The summed E-state index contributed by atoms with van der Waals surface area (Å²) in [7, 11) is 0. The number of hydrogen-bond acceptors (Lipinski definition) is 6. The Kier molecular flexibility index (Phi) is 4.93. The molecule has 0 fully saturated rings. The number of tetrazole rings is 1. The maximum atomic E-state index is 12.6. The molecular weight excluding hydrogens is 390 g/mol. The number of amides is 1. The second kappa shape index (κ2) is 7.55. The van der Waals surface area contributed by atoms with Gasteiger partial charge in [0.05, 0.1) is 22.0 Å². The van der Waals surface area contributed by atoms with Crippen LogP contribution in [0.4, 0.5) is 5.69 Å².